The fourth-order valence-corrected chi connectivity index (χ4v) is 1.61. The Labute approximate surface area is 73.2 Å². The maximum Gasteiger partial charge on any atom is 0.234 e. The van der Waals surface area contributed by atoms with Gasteiger partial charge in [-0.15, -0.1) is 0 Å². The molecule has 0 aromatic carbocycles. The molecular formula is C9H16N2O. The summed E-state index contributed by atoms with van der Waals surface area (Å²) in [5.41, 5.74) is 5.26. The van der Waals surface area contributed by atoms with Crippen LogP contribution in [0.5, 0.6) is 0 Å². The van der Waals surface area contributed by atoms with E-state index in [0.717, 1.165) is 25.9 Å². The quantitative estimate of drug-likeness (QED) is 0.624. The lowest BCUT2D eigenvalue weighted by molar-refractivity contribution is -0.122. The molecule has 0 saturated carbocycles. The molecule has 1 saturated heterocycles. The Balaban J connectivity index is 2.46. The molecule has 3 nitrogen and oxygen atoms in total. The lowest BCUT2D eigenvalue weighted by Gasteiger charge is -2.19. The number of carbonyl (C=O) groups is 1. The molecule has 3 heteroatoms. The third-order valence-electron chi connectivity index (χ3n) is 2.27. The van der Waals surface area contributed by atoms with Gasteiger partial charge < -0.3 is 5.73 Å². The molecule has 1 unspecified atom stereocenters. The number of likely N-dealkylation sites (tertiary alicyclic amines) is 1. The van der Waals surface area contributed by atoms with Crippen molar-refractivity contribution in [1.29, 1.82) is 0 Å². The van der Waals surface area contributed by atoms with E-state index in [0.29, 0.717) is 0 Å². The van der Waals surface area contributed by atoms with Crippen molar-refractivity contribution in [3.63, 3.8) is 0 Å². The van der Waals surface area contributed by atoms with Gasteiger partial charge in [0.1, 0.15) is 0 Å². The molecule has 1 amide bonds. The van der Waals surface area contributed by atoms with Gasteiger partial charge in [0, 0.05) is 6.54 Å². The van der Waals surface area contributed by atoms with Gasteiger partial charge in [-0.2, -0.15) is 0 Å². The molecule has 1 heterocycles. The van der Waals surface area contributed by atoms with Crippen LogP contribution in [0, 0.1) is 0 Å². The second-order valence-corrected chi connectivity index (χ2v) is 3.12. The van der Waals surface area contributed by atoms with Crippen LogP contribution in [0.25, 0.3) is 0 Å². The Hall–Kier alpha value is -0.830. The minimum Gasteiger partial charge on any atom is -0.368 e. The SMILES string of the molecule is C/C=C/CN1CCCC1C(N)=O. The van der Waals surface area contributed by atoms with Crippen LogP contribution in [0.4, 0.5) is 0 Å². The van der Waals surface area contributed by atoms with Gasteiger partial charge in [-0.25, -0.2) is 0 Å². The van der Waals surface area contributed by atoms with Crippen LogP contribution in [-0.2, 0) is 4.79 Å². The number of nitrogens with two attached hydrogens (primary N) is 1. The molecule has 0 spiro atoms. The molecule has 0 bridgehead atoms. The highest BCUT2D eigenvalue weighted by atomic mass is 16.1. The van der Waals surface area contributed by atoms with Gasteiger partial charge in [-0.1, -0.05) is 12.2 Å². The zero-order valence-electron chi connectivity index (χ0n) is 7.49. The zero-order chi connectivity index (χ0) is 8.97. The van der Waals surface area contributed by atoms with Crippen molar-refractivity contribution in [2.24, 2.45) is 5.73 Å². The average molecular weight is 168 g/mol. The molecule has 0 radical (unpaired) electrons. The second kappa shape index (κ2) is 4.26. The number of amides is 1. The summed E-state index contributed by atoms with van der Waals surface area (Å²) in [7, 11) is 0. The molecule has 2 N–H and O–H groups in total. The van der Waals surface area contributed by atoms with Crippen LogP contribution < -0.4 is 5.73 Å². The van der Waals surface area contributed by atoms with Crippen LogP contribution in [0.2, 0.25) is 0 Å². The highest BCUT2D eigenvalue weighted by molar-refractivity contribution is 5.80. The van der Waals surface area contributed by atoms with Crippen LogP contribution in [-0.4, -0.2) is 29.9 Å². The minimum absolute atomic E-state index is 0.0267. The second-order valence-electron chi connectivity index (χ2n) is 3.12. The minimum atomic E-state index is -0.183. The first kappa shape index (κ1) is 9.26. The number of rotatable bonds is 3. The van der Waals surface area contributed by atoms with E-state index in [4.69, 9.17) is 5.73 Å². The Bertz CT molecular complexity index is 189. The summed E-state index contributed by atoms with van der Waals surface area (Å²) >= 11 is 0. The van der Waals surface area contributed by atoms with Gasteiger partial charge in [0.25, 0.3) is 0 Å². The normalized spacial score (nSPS) is 25.2. The zero-order valence-corrected chi connectivity index (χ0v) is 7.49. The van der Waals surface area contributed by atoms with E-state index < -0.39 is 0 Å². The molecule has 0 aliphatic carbocycles. The summed E-state index contributed by atoms with van der Waals surface area (Å²) in [5, 5.41) is 0. The van der Waals surface area contributed by atoms with Crippen LogP contribution in [0.1, 0.15) is 19.8 Å². The number of hydrogen-bond donors (Lipinski definition) is 1. The first-order valence-electron chi connectivity index (χ1n) is 4.40. The molecule has 0 aromatic heterocycles. The van der Waals surface area contributed by atoms with Crippen molar-refractivity contribution >= 4 is 5.91 Å². The van der Waals surface area contributed by atoms with E-state index in [1.165, 1.54) is 0 Å². The largest absolute Gasteiger partial charge is 0.368 e. The molecule has 1 atom stereocenters. The molecule has 68 valence electrons. The fraction of sp³-hybridized carbons (Fsp3) is 0.667. The molecule has 1 rings (SSSR count). The summed E-state index contributed by atoms with van der Waals surface area (Å²) < 4.78 is 0. The standard InChI is InChI=1S/C9H16N2O/c1-2-3-6-11-7-4-5-8(11)9(10)12/h2-3,8H,4-7H2,1H3,(H2,10,12)/b3-2+. The van der Waals surface area contributed by atoms with Crippen molar-refractivity contribution < 1.29 is 4.79 Å². The third-order valence-corrected chi connectivity index (χ3v) is 2.27. The first-order chi connectivity index (χ1) is 5.75. The number of carbonyl (C=O) groups excluding carboxylic acids is 1. The van der Waals surface area contributed by atoms with E-state index in [-0.39, 0.29) is 11.9 Å². The van der Waals surface area contributed by atoms with Gasteiger partial charge in [-0.05, 0) is 26.3 Å². The lowest BCUT2D eigenvalue weighted by Crippen LogP contribution is -2.40. The Kier molecular flexibility index (Phi) is 3.29. The van der Waals surface area contributed by atoms with Crippen molar-refractivity contribution in [3.05, 3.63) is 12.2 Å². The predicted octanol–water partition coefficient (Wildman–Crippen LogP) is 0.512. The molecule has 1 aliphatic heterocycles. The van der Waals surface area contributed by atoms with Crippen LogP contribution >= 0.6 is 0 Å². The van der Waals surface area contributed by atoms with Gasteiger partial charge in [-0.3, -0.25) is 9.69 Å². The van der Waals surface area contributed by atoms with E-state index >= 15 is 0 Å². The Morgan fingerprint density at radius 2 is 2.50 bits per heavy atom. The number of primary amides is 1. The predicted molar refractivity (Wildman–Crippen MR) is 48.6 cm³/mol. The molecule has 12 heavy (non-hydrogen) atoms. The van der Waals surface area contributed by atoms with Crippen molar-refractivity contribution in [2.45, 2.75) is 25.8 Å². The highest BCUT2D eigenvalue weighted by Gasteiger charge is 2.27. The van der Waals surface area contributed by atoms with Gasteiger partial charge in [0.15, 0.2) is 0 Å². The number of nitrogens with zero attached hydrogens (tertiary/aromatic N) is 1. The maximum atomic E-state index is 10.9. The molecule has 1 fully saturated rings. The maximum absolute atomic E-state index is 10.9. The summed E-state index contributed by atoms with van der Waals surface area (Å²) in [5.74, 6) is -0.183. The van der Waals surface area contributed by atoms with Crippen molar-refractivity contribution in [3.8, 4) is 0 Å². The van der Waals surface area contributed by atoms with E-state index in [2.05, 4.69) is 11.0 Å². The molecule has 0 aromatic rings. The summed E-state index contributed by atoms with van der Waals surface area (Å²) in [4.78, 5) is 13.1. The van der Waals surface area contributed by atoms with Crippen LogP contribution in [0.15, 0.2) is 12.2 Å². The van der Waals surface area contributed by atoms with Gasteiger partial charge in [0.05, 0.1) is 6.04 Å². The number of allylic oxidation sites excluding steroid dienone is 1. The summed E-state index contributed by atoms with van der Waals surface area (Å²) in [6.07, 6.45) is 6.07. The van der Waals surface area contributed by atoms with Gasteiger partial charge in [0.2, 0.25) is 5.91 Å². The lowest BCUT2D eigenvalue weighted by atomic mass is 10.2. The Morgan fingerprint density at radius 1 is 1.75 bits per heavy atom. The topological polar surface area (TPSA) is 46.3 Å². The van der Waals surface area contributed by atoms with E-state index in [9.17, 15) is 4.79 Å². The average Bonchev–Trinajstić information content (AvgIpc) is 2.48. The third kappa shape index (κ3) is 2.08. The van der Waals surface area contributed by atoms with E-state index in [1.54, 1.807) is 0 Å². The van der Waals surface area contributed by atoms with Crippen LogP contribution in [0.3, 0.4) is 0 Å². The fourth-order valence-electron chi connectivity index (χ4n) is 1.61. The smallest absolute Gasteiger partial charge is 0.234 e. The van der Waals surface area contributed by atoms with E-state index in [1.807, 2.05) is 13.0 Å². The molecular weight excluding hydrogens is 152 g/mol. The Morgan fingerprint density at radius 3 is 3.08 bits per heavy atom. The van der Waals surface area contributed by atoms with Gasteiger partial charge >= 0.3 is 0 Å². The highest BCUT2D eigenvalue weighted by Crippen LogP contribution is 2.15. The van der Waals surface area contributed by atoms with Crippen molar-refractivity contribution in [2.75, 3.05) is 13.1 Å². The summed E-state index contributed by atoms with van der Waals surface area (Å²) in [6.45, 7) is 3.83. The monoisotopic (exact) mass is 168 g/mol. The summed E-state index contributed by atoms with van der Waals surface area (Å²) in [6, 6.07) is -0.0267. The van der Waals surface area contributed by atoms with Crippen molar-refractivity contribution in [1.82, 2.24) is 4.90 Å². The first-order valence-corrected chi connectivity index (χ1v) is 4.40. The number of hydrogen-bond acceptors (Lipinski definition) is 2. The molecule has 1 aliphatic rings.